The van der Waals surface area contributed by atoms with Crippen molar-refractivity contribution >= 4 is 17.2 Å². The van der Waals surface area contributed by atoms with Crippen LogP contribution in [0.15, 0.2) is 12.4 Å². The highest BCUT2D eigenvalue weighted by Crippen LogP contribution is 2.32. The van der Waals surface area contributed by atoms with Gasteiger partial charge in [0.05, 0.1) is 11.6 Å². The quantitative estimate of drug-likeness (QED) is 0.906. The van der Waals surface area contributed by atoms with E-state index in [-0.39, 0.29) is 11.8 Å². The fourth-order valence-electron chi connectivity index (χ4n) is 5.15. The number of rotatable bonds is 3. The van der Waals surface area contributed by atoms with Gasteiger partial charge in [-0.1, -0.05) is 12.8 Å². The molecule has 3 heterocycles. The summed E-state index contributed by atoms with van der Waals surface area (Å²) in [6.45, 7) is 1.74. The fourth-order valence-corrected chi connectivity index (χ4v) is 5.15. The summed E-state index contributed by atoms with van der Waals surface area (Å²) in [4.78, 5) is 19.9. The van der Waals surface area contributed by atoms with Gasteiger partial charge in [-0.15, -0.1) is 0 Å². The normalized spacial score (nSPS) is 23.6. The molecule has 0 bridgehead atoms. The number of nitrogens with zero attached hydrogens (tertiary/aromatic N) is 4. The number of anilines is 1. The minimum atomic E-state index is 0.0696. The molecule has 27 heavy (non-hydrogen) atoms. The zero-order valence-electron chi connectivity index (χ0n) is 16.0. The topological polar surface area (TPSA) is 62.5 Å². The number of aryl methyl sites for hydroxylation is 2. The summed E-state index contributed by atoms with van der Waals surface area (Å²) in [6.07, 6.45) is 15.3. The van der Waals surface area contributed by atoms with E-state index in [1.54, 1.807) is 0 Å². The molecule has 2 aromatic rings. The number of nitrogens with one attached hydrogen (secondary N) is 1. The number of hydrogen-bond acceptors (Lipinski definition) is 4. The molecule has 0 radical (unpaired) electrons. The summed E-state index contributed by atoms with van der Waals surface area (Å²) < 4.78 is 2.01. The van der Waals surface area contributed by atoms with E-state index in [0.717, 1.165) is 57.4 Å². The first-order valence-corrected chi connectivity index (χ1v) is 10.7. The smallest absolute Gasteiger partial charge is 0.225 e. The van der Waals surface area contributed by atoms with E-state index < -0.39 is 0 Å². The van der Waals surface area contributed by atoms with Crippen molar-refractivity contribution in [2.45, 2.75) is 70.3 Å². The van der Waals surface area contributed by atoms with E-state index in [2.05, 4.69) is 10.2 Å². The molecule has 1 aliphatic heterocycles. The summed E-state index contributed by atoms with van der Waals surface area (Å²) in [6, 6.07) is 0.399. The third kappa shape index (κ3) is 3.19. The van der Waals surface area contributed by atoms with Crippen molar-refractivity contribution in [3.8, 4) is 0 Å². The highest BCUT2D eigenvalue weighted by Gasteiger charge is 2.30. The Kier molecular flexibility index (Phi) is 4.50. The average molecular weight is 367 g/mol. The first kappa shape index (κ1) is 17.0. The molecule has 6 nitrogen and oxygen atoms in total. The Bertz CT molecular complexity index is 838. The van der Waals surface area contributed by atoms with Gasteiger partial charge in [0.1, 0.15) is 5.52 Å². The Balaban J connectivity index is 1.39. The van der Waals surface area contributed by atoms with Gasteiger partial charge in [0.15, 0.2) is 5.82 Å². The summed E-state index contributed by atoms with van der Waals surface area (Å²) >= 11 is 0. The lowest BCUT2D eigenvalue weighted by Gasteiger charge is -2.33. The lowest BCUT2D eigenvalue weighted by Crippen LogP contribution is -2.45. The maximum absolute atomic E-state index is 12.8. The molecule has 2 aromatic heterocycles. The second kappa shape index (κ2) is 7.13. The van der Waals surface area contributed by atoms with Gasteiger partial charge in [0.25, 0.3) is 0 Å². The van der Waals surface area contributed by atoms with Crippen LogP contribution >= 0.6 is 0 Å². The van der Waals surface area contributed by atoms with Gasteiger partial charge >= 0.3 is 0 Å². The Labute approximate surface area is 160 Å². The zero-order valence-corrected chi connectivity index (χ0v) is 16.0. The second-order valence-electron chi connectivity index (χ2n) is 8.45. The van der Waals surface area contributed by atoms with Crippen LogP contribution in [-0.2, 0) is 17.6 Å². The summed E-state index contributed by atoms with van der Waals surface area (Å²) in [5.74, 6) is 1.33. The van der Waals surface area contributed by atoms with Gasteiger partial charge in [0, 0.05) is 37.1 Å². The molecule has 2 aliphatic carbocycles. The molecule has 0 unspecified atom stereocenters. The molecule has 2 fully saturated rings. The highest BCUT2D eigenvalue weighted by molar-refractivity contribution is 5.81. The molecule has 3 aliphatic rings. The van der Waals surface area contributed by atoms with Gasteiger partial charge in [-0.2, -0.15) is 5.10 Å². The van der Waals surface area contributed by atoms with Gasteiger partial charge in [0.2, 0.25) is 5.91 Å². The van der Waals surface area contributed by atoms with Crippen LogP contribution in [0.5, 0.6) is 0 Å². The Morgan fingerprint density at radius 2 is 1.93 bits per heavy atom. The number of carbonyl (C=O) groups is 1. The molecule has 1 saturated carbocycles. The average Bonchev–Trinajstić information content (AvgIpc) is 3.35. The van der Waals surface area contributed by atoms with Gasteiger partial charge in [-0.25, -0.2) is 9.50 Å². The molecular formula is C21H29N5O. The largest absolute Gasteiger partial charge is 0.354 e. The third-order valence-electron chi connectivity index (χ3n) is 6.59. The number of aromatic nitrogens is 3. The molecule has 0 spiro atoms. The standard InChI is InChI=1S/C21H29N5O/c27-21(23-16-7-1-2-8-16)15-6-5-12-25(14-15)20-19-17-9-3-4-10-18(17)24-26(19)13-11-22-20/h11,13,15-16H,1-10,12,14H2,(H,23,27)/t15-/m0/s1. The van der Waals surface area contributed by atoms with Crippen LogP contribution in [0, 0.1) is 5.92 Å². The second-order valence-corrected chi connectivity index (χ2v) is 8.45. The molecule has 6 heteroatoms. The number of carbonyl (C=O) groups excluding carboxylic acids is 1. The van der Waals surface area contributed by atoms with E-state index in [9.17, 15) is 4.79 Å². The zero-order chi connectivity index (χ0) is 18.2. The number of piperidine rings is 1. The lowest BCUT2D eigenvalue weighted by atomic mass is 9.95. The first-order valence-electron chi connectivity index (χ1n) is 10.7. The lowest BCUT2D eigenvalue weighted by molar-refractivity contribution is -0.125. The maximum Gasteiger partial charge on any atom is 0.225 e. The molecule has 1 atom stereocenters. The van der Waals surface area contributed by atoms with Crippen molar-refractivity contribution in [1.82, 2.24) is 19.9 Å². The van der Waals surface area contributed by atoms with Crippen molar-refractivity contribution in [3.63, 3.8) is 0 Å². The SMILES string of the molecule is O=C(NC1CCCC1)[C@H]1CCCN(c2nccn3nc4c(c23)CCCC4)C1. The van der Waals surface area contributed by atoms with E-state index in [1.165, 1.54) is 42.5 Å². The monoisotopic (exact) mass is 367 g/mol. The van der Waals surface area contributed by atoms with Crippen molar-refractivity contribution in [2.24, 2.45) is 5.92 Å². The Morgan fingerprint density at radius 3 is 2.81 bits per heavy atom. The van der Waals surface area contributed by atoms with Gasteiger partial charge in [-0.05, 0) is 51.4 Å². The molecular weight excluding hydrogens is 338 g/mol. The van der Waals surface area contributed by atoms with Crippen LogP contribution in [0.4, 0.5) is 5.82 Å². The van der Waals surface area contributed by atoms with Crippen LogP contribution in [0.2, 0.25) is 0 Å². The van der Waals surface area contributed by atoms with Crippen LogP contribution in [-0.4, -0.2) is 39.6 Å². The van der Waals surface area contributed by atoms with Crippen LogP contribution in [0.3, 0.4) is 0 Å². The number of fused-ring (bicyclic) bond motifs is 3. The van der Waals surface area contributed by atoms with Crippen molar-refractivity contribution < 1.29 is 4.79 Å². The molecule has 0 aromatic carbocycles. The molecule has 1 amide bonds. The van der Waals surface area contributed by atoms with Gasteiger partial charge in [-0.3, -0.25) is 4.79 Å². The predicted octanol–water partition coefficient (Wildman–Crippen LogP) is 2.88. The van der Waals surface area contributed by atoms with Crippen LogP contribution < -0.4 is 10.2 Å². The Hall–Kier alpha value is -2.11. The summed E-state index contributed by atoms with van der Waals surface area (Å²) in [5, 5.41) is 8.10. The van der Waals surface area contributed by atoms with Crippen molar-refractivity contribution in [1.29, 1.82) is 0 Å². The summed E-state index contributed by atoms with van der Waals surface area (Å²) in [7, 11) is 0. The van der Waals surface area contributed by atoms with Crippen molar-refractivity contribution in [2.75, 3.05) is 18.0 Å². The molecule has 144 valence electrons. The third-order valence-corrected chi connectivity index (χ3v) is 6.59. The minimum Gasteiger partial charge on any atom is -0.354 e. The van der Waals surface area contributed by atoms with E-state index in [4.69, 9.17) is 10.1 Å². The minimum absolute atomic E-state index is 0.0696. The highest BCUT2D eigenvalue weighted by atomic mass is 16.2. The van der Waals surface area contributed by atoms with E-state index in [1.807, 2.05) is 16.9 Å². The number of hydrogen-bond donors (Lipinski definition) is 1. The van der Waals surface area contributed by atoms with Gasteiger partial charge < -0.3 is 10.2 Å². The predicted molar refractivity (Wildman–Crippen MR) is 105 cm³/mol. The Morgan fingerprint density at radius 1 is 1.07 bits per heavy atom. The number of amides is 1. The fraction of sp³-hybridized carbons (Fsp3) is 0.667. The molecule has 1 N–H and O–H groups in total. The summed E-state index contributed by atoms with van der Waals surface area (Å²) in [5.41, 5.74) is 3.79. The van der Waals surface area contributed by atoms with E-state index in [0.29, 0.717) is 6.04 Å². The van der Waals surface area contributed by atoms with E-state index >= 15 is 0 Å². The maximum atomic E-state index is 12.8. The molecule has 5 rings (SSSR count). The molecule has 1 saturated heterocycles. The van der Waals surface area contributed by atoms with Crippen molar-refractivity contribution in [3.05, 3.63) is 23.7 Å². The van der Waals surface area contributed by atoms with Crippen LogP contribution in [0.1, 0.15) is 62.6 Å². The first-order chi connectivity index (χ1) is 13.3. The van der Waals surface area contributed by atoms with Crippen LogP contribution in [0.25, 0.3) is 5.52 Å².